The number of benzene rings is 1. The quantitative estimate of drug-likeness (QED) is 0.684. The third kappa shape index (κ3) is 5.90. The van der Waals surface area contributed by atoms with E-state index in [1.165, 1.54) is 22.5 Å². The van der Waals surface area contributed by atoms with Crippen molar-refractivity contribution in [2.45, 2.75) is 56.1 Å². The Morgan fingerprint density at radius 1 is 1.07 bits per heavy atom. The molecule has 0 aliphatic carbocycles. The van der Waals surface area contributed by atoms with Crippen molar-refractivity contribution in [1.82, 2.24) is 9.62 Å². The number of amides is 1. The summed E-state index contributed by atoms with van der Waals surface area (Å²) in [5.41, 5.74) is 2.51. The van der Waals surface area contributed by atoms with Crippen molar-refractivity contribution < 1.29 is 13.2 Å². The van der Waals surface area contributed by atoms with Gasteiger partial charge in [-0.1, -0.05) is 44.5 Å². The molecular formula is C22H30N2O3S2. The van der Waals surface area contributed by atoms with Gasteiger partial charge in [0.15, 0.2) is 0 Å². The molecular weight excluding hydrogens is 404 g/mol. The van der Waals surface area contributed by atoms with Crippen LogP contribution in [0.1, 0.15) is 55.0 Å². The zero-order valence-electron chi connectivity index (χ0n) is 17.2. The molecule has 158 valence electrons. The summed E-state index contributed by atoms with van der Waals surface area (Å²) in [7, 11) is -3.42. The van der Waals surface area contributed by atoms with Crippen LogP contribution in [0.25, 0.3) is 0 Å². The zero-order valence-corrected chi connectivity index (χ0v) is 18.8. The van der Waals surface area contributed by atoms with E-state index in [9.17, 15) is 13.2 Å². The summed E-state index contributed by atoms with van der Waals surface area (Å²) in [6.45, 7) is 6.10. The molecule has 1 fully saturated rings. The lowest BCUT2D eigenvalue weighted by Crippen LogP contribution is -2.35. The Morgan fingerprint density at radius 2 is 1.76 bits per heavy atom. The molecule has 5 nitrogen and oxygen atoms in total. The highest BCUT2D eigenvalue weighted by Gasteiger charge is 2.27. The van der Waals surface area contributed by atoms with Gasteiger partial charge in [0.1, 0.15) is 4.21 Å². The maximum atomic E-state index is 12.7. The second-order valence-electron chi connectivity index (χ2n) is 7.86. The molecule has 2 heterocycles. The molecule has 29 heavy (non-hydrogen) atoms. The predicted octanol–water partition coefficient (Wildman–Crippen LogP) is 3.95. The summed E-state index contributed by atoms with van der Waals surface area (Å²) in [6.07, 6.45) is 3.92. The van der Waals surface area contributed by atoms with Crippen LogP contribution in [0.4, 0.5) is 0 Å². The number of carbonyl (C=O) groups excluding carboxylic acids is 1. The molecule has 3 rings (SSSR count). The van der Waals surface area contributed by atoms with Crippen molar-refractivity contribution >= 4 is 27.3 Å². The van der Waals surface area contributed by atoms with Gasteiger partial charge in [-0.2, -0.15) is 4.31 Å². The summed E-state index contributed by atoms with van der Waals surface area (Å²) in [4.78, 5) is 13.0. The van der Waals surface area contributed by atoms with Gasteiger partial charge in [-0.15, -0.1) is 11.3 Å². The summed E-state index contributed by atoms with van der Waals surface area (Å²) >= 11 is 1.21. The summed E-state index contributed by atoms with van der Waals surface area (Å²) < 4.78 is 27.3. The average Bonchev–Trinajstić information content (AvgIpc) is 3.18. The molecule has 7 heteroatoms. The molecule has 1 aromatic carbocycles. The lowest BCUT2D eigenvalue weighted by Gasteiger charge is -2.25. The van der Waals surface area contributed by atoms with Gasteiger partial charge in [0.05, 0.1) is 6.42 Å². The van der Waals surface area contributed by atoms with Crippen LogP contribution in [-0.2, 0) is 27.7 Å². The standard InChI is InChI=1S/C22H30N2O3S2/c1-17(2)19-8-6-18(7-9-19)12-13-23-21(25)16-20-10-11-22(28-20)29(26,27)24-14-4-3-5-15-24/h6-11,17H,3-5,12-16H2,1-2H3,(H,23,25). The minimum Gasteiger partial charge on any atom is -0.355 e. The molecule has 1 aliphatic heterocycles. The highest BCUT2D eigenvalue weighted by molar-refractivity contribution is 7.91. The first kappa shape index (κ1) is 22.0. The van der Waals surface area contributed by atoms with Crippen molar-refractivity contribution in [3.8, 4) is 0 Å². The number of hydrogen-bond donors (Lipinski definition) is 1. The van der Waals surface area contributed by atoms with Crippen molar-refractivity contribution in [2.24, 2.45) is 0 Å². The van der Waals surface area contributed by atoms with Crippen LogP contribution in [0.15, 0.2) is 40.6 Å². The van der Waals surface area contributed by atoms with E-state index >= 15 is 0 Å². The third-order valence-corrected chi connectivity index (χ3v) is 8.71. The topological polar surface area (TPSA) is 66.5 Å². The predicted molar refractivity (Wildman–Crippen MR) is 118 cm³/mol. The van der Waals surface area contributed by atoms with E-state index in [4.69, 9.17) is 0 Å². The number of piperidine rings is 1. The molecule has 1 aliphatic rings. The van der Waals surface area contributed by atoms with Crippen LogP contribution in [-0.4, -0.2) is 38.3 Å². The largest absolute Gasteiger partial charge is 0.355 e. The molecule has 1 N–H and O–H groups in total. The first-order valence-corrected chi connectivity index (χ1v) is 12.6. The Labute approximate surface area is 178 Å². The maximum Gasteiger partial charge on any atom is 0.252 e. The molecule has 0 spiro atoms. The monoisotopic (exact) mass is 434 g/mol. The van der Waals surface area contributed by atoms with E-state index in [0.29, 0.717) is 29.8 Å². The van der Waals surface area contributed by atoms with Gasteiger partial charge >= 0.3 is 0 Å². The molecule has 0 atom stereocenters. The van der Waals surface area contributed by atoms with E-state index < -0.39 is 10.0 Å². The molecule has 2 aromatic rings. The summed E-state index contributed by atoms with van der Waals surface area (Å²) in [5, 5.41) is 2.94. The van der Waals surface area contributed by atoms with Crippen LogP contribution in [0.3, 0.4) is 0 Å². The van der Waals surface area contributed by atoms with Gasteiger partial charge in [0.2, 0.25) is 5.91 Å². The minimum absolute atomic E-state index is 0.0763. The van der Waals surface area contributed by atoms with Gasteiger partial charge in [-0.3, -0.25) is 4.79 Å². The number of rotatable bonds is 8. The molecule has 0 bridgehead atoms. The smallest absolute Gasteiger partial charge is 0.252 e. The third-order valence-electron chi connectivity index (χ3n) is 5.26. The molecule has 0 radical (unpaired) electrons. The van der Waals surface area contributed by atoms with Gasteiger partial charge in [-0.05, 0) is 48.4 Å². The van der Waals surface area contributed by atoms with Gasteiger partial charge in [0.25, 0.3) is 10.0 Å². The van der Waals surface area contributed by atoms with Crippen molar-refractivity contribution in [2.75, 3.05) is 19.6 Å². The van der Waals surface area contributed by atoms with E-state index in [0.717, 1.165) is 30.6 Å². The van der Waals surface area contributed by atoms with Crippen molar-refractivity contribution in [3.05, 3.63) is 52.4 Å². The summed E-state index contributed by atoms with van der Waals surface area (Å²) in [5.74, 6) is 0.436. The number of nitrogens with one attached hydrogen (secondary N) is 1. The van der Waals surface area contributed by atoms with Crippen molar-refractivity contribution in [3.63, 3.8) is 0 Å². The lowest BCUT2D eigenvalue weighted by molar-refractivity contribution is -0.120. The van der Waals surface area contributed by atoms with E-state index in [-0.39, 0.29) is 12.3 Å². The second kappa shape index (κ2) is 9.87. The Kier molecular flexibility index (Phi) is 7.49. The molecule has 1 aromatic heterocycles. The fraction of sp³-hybridized carbons (Fsp3) is 0.500. The zero-order chi connectivity index (χ0) is 20.9. The fourth-order valence-corrected chi connectivity index (χ4v) is 6.49. The normalized spacial score (nSPS) is 15.6. The Hall–Kier alpha value is -1.70. The van der Waals surface area contributed by atoms with E-state index in [1.807, 2.05) is 0 Å². The van der Waals surface area contributed by atoms with Crippen LogP contribution in [0, 0.1) is 0 Å². The molecule has 0 saturated carbocycles. The highest BCUT2D eigenvalue weighted by atomic mass is 32.2. The fourth-order valence-electron chi connectivity index (χ4n) is 3.46. The second-order valence-corrected chi connectivity index (χ2v) is 11.2. The first-order chi connectivity index (χ1) is 13.9. The Balaban J connectivity index is 1.48. The summed E-state index contributed by atoms with van der Waals surface area (Å²) in [6, 6.07) is 11.9. The van der Waals surface area contributed by atoms with Crippen LogP contribution in [0.5, 0.6) is 0 Å². The molecule has 1 saturated heterocycles. The Bertz CT molecular complexity index is 912. The number of nitrogens with zero attached hydrogens (tertiary/aromatic N) is 1. The molecule has 1 amide bonds. The number of hydrogen-bond acceptors (Lipinski definition) is 4. The minimum atomic E-state index is -3.42. The van der Waals surface area contributed by atoms with Crippen LogP contribution >= 0.6 is 11.3 Å². The number of thiophene rings is 1. The van der Waals surface area contributed by atoms with Gasteiger partial charge < -0.3 is 5.32 Å². The first-order valence-electron chi connectivity index (χ1n) is 10.3. The number of sulfonamides is 1. The SMILES string of the molecule is CC(C)c1ccc(CCNC(=O)Cc2ccc(S(=O)(=O)N3CCCCC3)s2)cc1. The van der Waals surface area contributed by atoms with Crippen LogP contribution < -0.4 is 5.32 Å². The van der Waals surface area contributed by atoms with Crippen LogP contribution in [0.2, 0.25) is 0 Å². The van der Waals surface area contributed by atoms with Crippen molar-refractivity contribution in [1.29, 1.82) is 0 Å². The van der Waals surface area contributed by atoms with Gasteiger partial charge in [0, 0.05) is 24.5 Å². The highest BCUT2D eigenvalue weighted by Crippen LogP contribution is 2.27. The maximum absolute atomic E-state index is 12.7. The lowest BCUT2D eigenvalue weighted by atomic mass is 10.0. The number of carbonyl (C=O) groups is 1. The van der Waals surface area contributed by atoms with Gasteiger partial charge in [-0.25, -0.2) is 8.42 Å². The Morgan fingerprint density at radius 3 is 2.41 bits per heavy atom. The molecule has 0 unspecified atom stereocenters. The average molecular weight is 435 g/mol. The van der Waals surface area contributed by atoms with E-state index in [1.54, 1.807) is 16.4 Å². The van der Waals surface area contributed by atoms with E-state index in [2.05, 4.69) is 43.4 Å².